The Labute approximate surface area is 63.2 Å². The third-order valence-electron chi connectivity index (χ3n) is 1.39. The van der Waals surface area contributed by atoms with Crippen LogP contribution in [-0.4, -0.2) is 38.4 Å². The van der Waals surface area contributed by atoms with Crippen LogP contribution in [0.4, 0.5) is 4.79 Å². The minimum Gasteiger partial charge on any atom is -0.430 e. The summed E-state index contributed by atoms with van der Waals surface area (Å²) in [5.41, 5.74) is 0. The predicted molar refractivity (Wildman–Crippen MR) is 33.1 cm³/mol. The monoisotopic (exact) mass is 160 g/mol. The summed E-state index contributed by atoms with van der Waals surface area (Å²) in [7, 11) is 1.37. The third kappa shape index (κ3) is 1.68. The van der Waals surface area contributed by atoms with E-state index in [1.807, 2.05) is 0 Å². The average molecular weight is 160 g/mol. The van der Waals surface area contributed by atoms with Crippen molar-refractivity contribution in [3.8, 4) is 0 Å². The van der Waals surface area contributed by atoms with Crippen molar-refractivity contribution in [2.24, 2.45) is 0 Å². The minimum absolute atomic E-state index is 0.0794. The van der Waals surface area contributed by atoms with Gasteiger partial charge in [-0.1, -0.05) is 0 Å². The van der Waals surface area contributed by atoms with E-state index in [-0.39, 0.29) is 6.61 Å². The molecule has 0 amide bonds. The van der Waals surface area contributed by atoms with Gasteiger partial charge in [-0.25, -0.2) is 4.79 Å². The molecule has 0 N–H and O–H groups in total. The molecule has 0 radical (unpaired) electrons. The largest absolute Gasteiger partial charge is 0.508 e. The zero-order chi connectivity index (χ0) is 8.27. The van der Waals surface area contributed by atoms with Gasteiger partial charge >= 0.3 is 6.16 Å². The van der Waals surface area contributed by atoms with Gasteiger partial charge in [0.15, 0.2) is 18.5 Å². The molecule has 5 heteroatoms. The highest BCUT2D eigenvalue weighted by Gasteiger charge is 2.32. The molecule has 0 bridgehead atoms. The fourth-order valence-electron chi connectivity index (χ4n) is 0.799. The summed E-state index contributed by atoms with van der Waals surface area (Å²) in [4.78, 5) is 20.6. The highest BCUT2D eigenvalue weighted by Crippen LogP contribution is 2.10. The highest BCUT2D eigenvalue weighted by atomic mass is 16.8. The molecule has 62 valence electrons. The summed E-state index contributed by atoms with van der Waals surface area (Å²) in [5, 5.41) is 0. The lowest BCUT2D eigenvalue weighted by atomic mass is 10.2. The maximum absolute atomic E-state index is 10.4. The second-order valence-electron chi connectivity index (χ2n) is 2.05. The summed E-state index contributed by atoms with van der Waals surface area (Å²) in [5.74, 6) is 0. The molecular weight excluding hydrogens is 152 g/mol. The van der Waals surface area contributed by atoms with E-state index in [9.17, 15) is 9.59 Å². The van der Waals surface area contributed by atoms with Crippen molar-refractivity contribution in [3.05, 3.63) is 0 Å². The molecule has 5 nitrogen and oxygen atoms in total. The predicted octanol–water partition coefficient (Wildman–Crippen LogP) is -0.264. The Morgan fingerprint density at radius 3 is 2.91 bits per heavy atom. The Kier molecular flexibility index (Phi) is 2.43. The molecule has 2 atom stereocenters. The summed E-state index contributed by atoms with van der Waals surface area (Å²) >= 11 is 0. The Morgan fingerprint density at radius 1 is 1.82 bits per heavy atom. The molecule has 11 heavy (non-hydrogen) atoms. The van der Waals surface area contributed by atoms with Crippen LogP contribution in [0.25, 0.3) is 0 Å². The van der Waals surface area contributed by atoms with E-state index < -0.39 is 18.4 Å². The number of hydrogen-bond donors (Lipinski definition) is 0. The summed E-state index contributed by atoms with van der Waals surface area (Å²) < 4.78 is 13.7. The van der Waals surface area contributed by atoms with Gasteiger partial charge in [0.25, 0.3) is 0 Å². The van der Waals surface area contributed by atoms with Crippen molar-refractivity contribution in [3.63, 3.8) is 0 Å². The topological polar surface area (TPSA) is 61.8 Å². The normalized spacial score (nSPS) is 25.5. The number of aldehydes is 1. The van der Waals surface area contributed by atoms with Gasteiger partial charge in [-0.2, -0.15) is 0 Å². The number of ether oxygens (including phenoxy) is 3. The first-order chi connectivity index (χ1) is 5.27. The molecule has 2 unspecified atom stereocenters. The van der Waals surface area contributed by atoms with Crippen molar-refractivity contribution >= 4 is 12.4 Å². The van der Waals surface area contributed by atoms with E-state index in [0.717, 1.165) is 0 Å². The molecule has 1 aliphatic rings. The number of carbonyl (C=O) groups is 2. The van der Waals surface area contributed by atoms with Gasteiger partial charge in [0.05, 0.1) is 0 Å². The van der Waals surface area contributed by atoms with Crippen molar-refractivity contribution in [2.75, 3.05) is 13.7 Å². The quantitative estimate of drug-likeness (QED) is 0.420. The zero-order valence-corrected chi connectivity index (χ0v) is 5.98. The highest BCUT2D eigenvalue weighted by molar-refractivity contribution is 5.64. The maximum atomic E-state index is 10.4. The lowest BCUT2D eigenvalue weighted by Gasteiger charge is -2.11. The second kappa shape index (κ2) is 3.34. The Bertz CT molecular complexity index is 166. The smallest absolute Gasteiger partial charge is 0.430 e. The molecule has 1 aliphatic heterocycles. The van der Waals surface area contributed by atoms with Crippen LogP contribution in [0.5, 0.6) is 0 Å². The Balaban J connectivity index is 2.46. The van der Waals surface area contributed by atoms with Gasteiger partial charge in [-0.3, -0.25) is 0 Å². The van der Waals surface area contributed by atoms with Gasteiger partial charge in [0.1, 0.15) is 6.61 Å². The number of hydrogen-bond acceptors (Lipinski definition) is 5. The standard InChI is InChI=1S/C6H8O5/c1-9-4(2-7)5-3-10-6(8)11-5/h2,4-5H,3H2,1H3. The Morgan fingerprint density at radius 2 is 2.55 bits per heavy atom. The maximum Gasteiger partial charge on any atom is 0.508 e. The molecule has 0 aromatic heterocycles. The van der Waals surface area contributed by atoms with Crippen LogP contribution in [0, 0.1) is 0 Å². The fraction of sp³-hybridized carbons (Fsp3) is 0.667. The lowest BCUT2D eigenvalue weighted by Crippen LogP contribution is -2.31. The molecular formula is C6H8O5. The summed E-state index contributed by atoms with van der Waals surface area (Å²) in [6.07, 6.45) is -1.49. The van der Waals surface area contributed by atoms with Crippen LogP contribution in [0.1, 0.15) is 0 Å². The van der Waals surface area contributed by atoms with E-state index >= 15 is 0 Å². The molecule has 1 rings (SSSR count). The molecule has 0 aromatic rings. The van der Waals surface area contributed by atoms with Gasteiger partial charge in [-0.05, 0) is 0 Å². The van der Waals surface area contributed by atoms with Crippen LogP contribution in [0.15, 0.2) is 0 Å². The van der Waals surface area contributed by atoms with E-state index in [2.05, 4.69) is 9.47 Å². The van der Waals surface area contributed by atoms with Crippen molar-refractivity contribution < 1.29 is 23.8 Å². The van der Waals surface area contributed by atoms with Crippen LogP contribution in [0.3, 0.4) is 0 Å². The number of cyclic esters (lactones) is 2. The number of methoxy groups -OCH3 is 1. The van der Waals surface area contributed by atoms with Gasteiger partial charge in [-0.15, -0.1) is 0 Å². The Hall–Kier alpha value is -1.10. The summed E-state index contributed by atoms with van der Waals surface area (Å²) in [6.45, 7) is 0.0794. The zero-order valence-electron chi connectivity index (χ0n) is 5.98. The van der Waals surface area contributed by atoms with Gasteiger partial charge < -0.3 is 19.0 Å². The summed E-state index contributed by atoms with van der Waals surface area (Å²) in [6, 6.07) is 0. The van der Waals surface area contributed by atoms with E-state index in [4.69, 9.17) is 4.74 Å². The van der Waals surface area contributed by atoms with Crippen molar-refractivity contribution in [1.29, 1.82) is 0 Å². The molecule has 0 aliphatic carbocycles. The number of rotatable bonds is 3. The first-order valence-corrected chi connectivity index (χ1v) is 3.09. The van der Waals surface area contributed by atoms with E-state index in [1.165, 1.54) is 7.11 Å². The average Bonchev–Trinajstić information content (AvgIpc) is 2.39. The molecule has 0 saturated carbocycles. The molecule has 0 aromatic carbocycles. The van der Waals surface area contributed by atoms with Crippen LogP contribution >= 0.6 is 0 Å². The molecule has 0 spiro atoms. The minimum atomic E-state index is -0.751. The van der Waals surface area contributed by atoms with E-state index in [0.29, 0.717) is 6.29 Å². The van der Waals surface area contributed by atoms with Crippen LogP contribution < -0.4 is 0 Å². The van der Waals surface area contributed by atoms with Gasteiger partial charge in [0, 0.05) is 7.11 Å². The first kappa shape index (κ1) is 8.00. The molecule has 1 fully saturated rings. The lowest BCUT2D eigenvalue weighted by molar-refractivity contribution is -0.121. The molecule has 1 saturated heterocycles. The second-order valence-corrected chi connectivity index (χ2v) is 2.05. The van der Waals surface area contributed by atoms with Crippen LogP contribution in [0.2, 0.25) is 0 Å². The number of carbonyl (C=O) groups excluding carboxylic acids is 2. The van der Waals surface area contributed by atoms with E-state index in [1.54, 1.807) is 0 Å². The van der Waals surface area contributed by atoms with Crippen molar-refractivity contribution in [1.82, 2.24) is 0 Å². The first-order valence-electron chi connectivity index (χ1n) is 3.09. The van der Waals surface area contributed by atoms with Crippen molar-refractivity contribution in [2.45, 2.75) is 12.2 Å². The third-order valence-corrected chi connectivity index (χ3v) is 1.39. The molecule has 1 heterocycles. The van der Waals surface area contributed by atoms with Crippen LogP contribution in [-0.2, 0) is 19.0 Å². The van der Waals surface area contributed by atoms with Gasteiger partial charge in [0.2, 0.25) is 0 Å². The SMILES string of the molecule is COC(C=O)C1COC(=O)O1. The fourth-order valence-corrected chi connectivity index (χ4v) is 0.799.